The van der Waals surface area contributed by atoms with Crippen LogP contribution in [-0.2, 0) is 10.4 Å². The second-order valence-corrected chi connectivity index (χ2v) is 10.3. The van der Waals surface area contributed by atoms with Gasteiger partial charge in [0, 0.05) is 46.0 Å². The molecular formula is C27H34ClN3O3. The number of piperidine rings is 1. The zero-order valence-corrected chi connectivity index (χ0v) is 21.0. The van der Waals surface area contributed by atoms with Crippen molar-refractivity contribution in [1.29, 1.82) is 0 Å². The molecule has 2 aromatic carbocycles. The summed E-state index contributed by atoms with van der Waals surface area (Å²) in [6.45, 7) is 4.86. The van der Waals surface area contributed by atoms with E-state index in [1.54, 1.807) is 33.2 Å². The largest absolute Gasteiger partial charge is 0.376 e. The first-order chi connectivity index (χ1) is 16.2. The molecule has 2 saturated heterocycles. The van der Waals surface area contributed by atoms with Crippen molar-refractivity contribution in [3.05, 3.63) is 64.7 Å². The Morgan fingerprint density at radius 3 is 2.26 bits per heavy atom. The second-order valence-electron chi connectivity index (χ2n) is 9.93. The van der Waals surface area contributed by atoms with Crippen LogP contribution in [0.1, 0.15) is 42.1 Å². The van der Waals surface area contributed by atoms with Crippen LogP contribution < -0.4 is 4.90 Å². The number of aliphatic hydroxyl groups is 1. The quantitative estimate of drug-likeness (QED) is 0.697. The van der Waals surface area contributed by atoms with Crippen LogP contribution in [-0.4, -0.2) is 67.0 Å². The SMILES string of the molecule is CN(C)C(=O)c1ccc(N2CCC(C3CCN(C(=O)[C@](C)(O)c4ccccc4)CC3)C2)cc1Cl. The van der Waals surface area contributed by atoms with E-state index in [9.17, 15) is 14.7 Å². The van der Waals surface area contributed by atoms with E-state index in [1.807, 2.05) is 41.3 Å². The second kappa shape index (κ2) is 9.96. The maximum absolute atomic E-state index is 13.1. The van der Waals surface area contributed by atoms with Crippen LogP contribution >= 0.6 is 11.6 Å². The normalized spacial score (nSPS) is 20.8. The number of carbonyl (C=O) groups excluding carboxylic acids is 2. The third-order valence-corrected chi connectivity index (χ3v) is 7.74. The fourth-order valence-electron chi connectivity index (χ4n) is 5.29. The number of rotatable bonds is 5. The summed E-state index contributed by atoms with van der Waals surface area (Å²) < 4.78 is 0. The average molecular weight is 484 g/mol. The van der Waals surface area contributed by atoms with E-state index in [0.717, 1.165) is 38.0 Å². The number of benzene rings is 2. The van der Waals surface area contributed by atoms with Crippen LogP contribution in [0, 0.1) is 11.8 Å². The molecule has 6 nitrogen and oxygen atoms in total. The molecule has 0 aromatic heterocycles. The third kappa shape index (κ3) is 4.93. The van der Waals surface area contributed by atoms with Gasteiger partial charge < -0.3 is 19.8 Å². The summed E-state index contributed by atoms with van der Waals surface area (Å²) in [5, 5.41) is 11.4. The molecule has 2 aliphatic heterocycles. The smallest absolute Gasteiger partial charge is 0.258 e. The predicted molar refractivity (Wildman–Crippen MR) is 135 cm³/mol. The highest BCUT2D eigenvalue weighted by Gasteiger charge is 2.39. The lowest BCUT2D eigenvalue weighted by Crippen LogP contribution is -2.49. The van der Waals surface area contributed by atoms with E-state index in [2.05, 4.69) is 4.90 Å². The van der Waals surface area contributed by atoms with Gasteiger partial charge in [0.2, 0.25) is 0 Å². The molecule has 0 bridgehead atoms. The van der Waals surface area contributed by atoms with Gasteiger partial charge in [0.15, 0.2) is 5.60 Å². The summed E-state index contributed by atoms with van der Waals surface area (Å²) in [4.78, 5) is 31.0. The van der Waals surface area contributed by atoms with Crippen molar-refractivity contribution in [3.63, 3.8) is 0 Å². The molecule has 4 rings (SSSR count). The van der Waals surface area contributed by atoms with E-state index >= 15 is 0 Å². The van der Waals surface area contributed by atoms with Crippen molar-refractivity contribution in [2.45, 2.75) is 31.8 Å². The van der Waals surface area contributed by atoms with Crippen LogP contribution in [0.25, 0.3) is 0 Å². The van der Waals surface area contributed by atoms with Crippen molar-refractivity contribution in [1.82, 2.24) is 9.80 Å². The predicted octanol–water partition coefficient (Wildman–Crippen LogP) is 4.01. The number of amides is 2. The lowest BCUT2D eigenvalue weighted by molar-refractivity contribution is -0.152. The number of hydrogen-bond donors (Lipinski definition) is 1. The molecule has 182 valence electrons. The molecule has 2 aliphatic rings. The van der Waals surface area contributed by atoms with E-state index in [4.69, 9.17) is 11.6 Å². The molecule has 2 heterocycles. The van der Waals surface area contributed by atoms with Gasteiger partial charge >= 0.3 is 0 Å². The molecular weight excluding hydrogens is 450 g/mol. The fourth-order valence-corrected chi connectivity index (χ4v) is 5.55. The maximum atomic E-state index is 13.1. The minimum Gasteiger partial charge on any atom is -0.376 e. The van der Waals surface area contributed by atoms with Gasteiger partial charge in [0.25, 0.3) is 11.8 Å². The molecule has 2 aromatic rings. The molecule has 0 radical (unpaired) electrons. The molecule has 0 saturated carbocycles. The number of likely N-dealkylation sites (tertiary alicyclic amines) is 1. The van der Waals surface area contributed by atoms with Crippen LogP contribution in [0.15, 0.2) is 48.5 Å². The van der Waals surface area contributed by atoms with Crippen LogP contribution in [0.3, 0.4) is 0 Å². The first kappa shape index (κ1) is 24.6. The van der Waals surface area contributed by atoms with Crippen molar-refractivity contribution < 1.29 is 14.7 Å². The zero-order valence-electron chi connectivity index (χ0n) is 20.2. The highest BCUT2D eigenvalue weighted by molar-refractivity contribution is 6.34. The summed E-state index contributed by atoms with van der Waals surface area (Å²) in [6, 6.07) is 14.9. The molecule has 1 N–H and O–H groups in total. The van der Waals surface area contributed by atoms with Crippen LogP contribution in [0.2, 0.25) is 5.02 Å². The Kier molecular flexibility index (Phi) is 7.20. The Bertz CT molecular complexity index is 1030. The van der Waals surface area contributed by atoms with Gasteiger partial charge in [-0.15, -0.1) is 0 Å². The first-order valence-corrected chi connectivity index (χ1v) is 12.4. The Hall–Kier alpha value is -2.57. The van der Waals surface area contributed by atoms with Gasteiger partial charge in [-0.05, 0) is 61.8 Å². The van der Waals surface area contributed by atoms with Gasteiger partial charge in [-0.3, -0.25) is 9.59 Å². The number of anilines is 1. The van der Waals surface area contributed by atoms with Gasteiger partial charge in [0.05, 0.1) is 10.6 Å². The highest BCUT2D eigenvalue weighted by Crippen LogP contribution is 2.36. The monoisotopic (exact) mass is 483 g/mol. The van der Waals surface area contributed by atoms with Gasteiger partial charge in [-0.25, -0.2) is 0 Å². The van der Waals surface area contributed by atoms with E-state index in [-0.39, 0.29) is 11.8 Å². The molecule has 0 spiro atoms. The van der Waals surface area contributed by atoms with Gasteiger partial charge in [0.1, 0.15) is 0 Å². The van der Waals surface area contributed by atoms with Crippen molar-refractivity contribution >= 4 is 29.1 Å². The number of halogens is 1. The summed E-state index contributed by atoms with van der Waals surface area (Å²) in [5.41, 5.74) is 0.701. The summed E-state index contributed by atoms with van der Waals surface area (Å²) in [7, 11) is 3.44. The standard InChI is InChI=1S/C27H34ClN3O3/c1-27(34,21-7-5-4-6-8-21)26(33)30-14-11-19(12-15-30)20-13-16-31(18-20)22-9-10-23(24(28)17-22)25(32)29(2)3/h4-10,17,19-20,34H,11-16,18H2,1-3H3/t20?,27-/m1/s1. The number of carbonyl (C=O) groups is 2. The molecule has 7 heteroatoms. The molecule has 2 atom stereocenters. The summed E-state index contributed by atoms with van der Waals surface area (Å²) in [6.07, 6.45) is 3.01. The molecule has 2 amide bonds. The van der Waals surface area contributed by atoms with E-state index in [1.165, 1.54) is 4.90 Å². The van der Waals surface area contributed by atoms with Crippen molar-refractivity contribution in [2.24, 2.45) is 11.8 Å². The molecule has 0 aliphatic carbocycles. The number of nitrogens with zero attached hydrogens (tertiary/aromatic N) is 3. The van der Waals surface area contributed by atoms with Crippen molar-refractivity contribution in [2.75, 3.05) is 45.2 Å². The summed E-state index contributed by atoms with van der Waals surface area (Å²) in [5.74, 6) is 0.810. The minimum atomic E-state index is -1.50. The van der Waals surface area contributed by atoms with E-state index < -0.39 is 5.60 Å². The van der Waals surface area contributed by atoms with Crippen LogP contribution in [0.4, 0.5) is 5.69 Å². The Balaban J connectivity index is 1.33. The van der Waals surface area contributed by atoms with Gasteiger partial charge in [-0.2, -0.15) is 0 Å². The van der Waals surface area contributed by atoms with Gasteiger partial charge in [-0.1, -0.05) is 41.9 Å². The summed E-state index contributed by atoms with van der Waals surface area (Å²) >= 11 is 6.43. The van der Waals surface area contributed by atoms with Crippen molar-refractivity contribution in [3.8, 4) is 0 Å². The fraction of sp³-hybridized carbons (Fsp3) is 0.481. The first-order valence-electron chi connectivity index (χ1n) is 12.0. The minimum absolute atomic E-state index is 0.0941. The Labute approximate surface area is 207 Å². The lowest BCUT2D eigenvalue weighted by Gasteiger charge is -2.38. The Morgan fingerprint density at radius 1 is 1.00 bits per heavy atom. The Morgan fingerprint density at radius 2 is 1.65 bits per heavy atom. The maximum Gasteiger partial charge on any atom is 0.258 e. The highest BCUT2D eigenvalue weighted by atomic mass is 35.5. The average Bonchev–Trinajstić information content (AvgIpc) is 3.34. The number of hydrogen-bond acceptors (Lipinski definition) is 4. The lowest BCUT2D eigenvalue weighted by atomic mass is 9.83. The third-order valence-electron chi connectivity index (χ3n) is 7.42. The van der Waals surface area contributed by atoms with Crippen LogP contribution in [0.5, 0.6) is 0 Å². The topological polar surface area (TPSA) is 64.1 Å². The zero-order chi connectivity index (χ0) is 24.5. The molecule has 34 heavy (non-hydrogen) atoms. The van der Waals surface area contributed by atoms with E-state index in [0.29, 0.717) is 41.1 Å². The molecule has 1 unspecified atom stereocenters. The molecule has 2 fully saturated rings.